The van der Waals surface area contributed by atoms with Crippen molar-refractivity contribution >= 4 is 39.8 Å². The third kappa shape index (κ3) is 7.44. The highest BCUT2D eigenvalue weighted by Gasteiger charge is 2.29. The number of fused-ring (bicyclic) bond motifs is 1. The van der Waals surface area contributed by atoms with Gasteiger partial charge < -0.3 is 15.5 Å². The molecule has 6 rings (SSSR count). The Hall–Kier alpha value is -4.98. The van der Waals surface area contributed by atoms with Crippen LogP contribution in [0.3, 0.4) is 0 Å². The molecule has 3 heterocycles. The van der Waals surface area contributed by atoms with E-state index in [0.29, 0.717) is 44.1 Å². The number of amides is 1. The molecule has 3 aromatic carbocycles. The van der Waals surface area contributed by atoms with Crippen LogP contribution in [0.1, 0.15) is 91.4 Å². The fourth-order valence-corrected chi connectivity index (χ4v) is 6.87. The number of nitrogens with one attached hydrogen (secondary N) is 2. The highest BCUT2D eigenvalue weighted by Crippen LogP contribution is 2.38. The second-order valence-corrected chi connectivity index (χ2v) is 14.6. The first-order valence-corrected chi connectivity index (χ1v) is 17.4. The summed E-state index contributed by atoms with van der Waals surface area (Å²) in [6.07, 6.45) is 5.56. The molecular formula is C39H44ClN9O. The van der Waals surface area contributed by atoms with Gasteiger partial charge in [0.2, 0.25) is 0 Å². The number of carbonyl (C=O) groups is 1. The molecule has 0 unspecified atom stereocenters. The number of pyridine rings is 1. The topological polar surface area (TPSA) is 115 Å². The Morgan fingerprint density at radius 2 is 1.74 bits per heavy atom. The van der Waals surface area contributed by atoms with E-state index in [9.17, 15) is 10.1 Å². The van der Waals surface area contributed by atoms with Crippen LogP contribution in [0.4, 0.5) is 11.4 Å². The molecule has 1 amide bonds. The normalized spacial score (nSPS) is 15.3. The van der Waals surface area contributed by atoms with E-state index in [1.54, 1.807) is 25.2 Å². The number of piperidine rings is 1. The van der Waals surface area contributed by atoms with Crippen LogP contribution in [0.15, 0.2) is 79.1 Å². The summed E-state index contributed by atoms with van der Waals surface area (Å²) in [6, 6.07) is 23.3. The molecule has 0 saturated carbocycles. The lowest BCUT2D eigenvalue weighted by Gasteiger charge is -2.40. The van der Waals surface area contributed by atoms with Crippen LogP contribution in [0.25, 0.3) is 10.9 Å². The Morgan fingerprint density at radius 1 is 1.02 bits per heavy atom. The molecule has 2 atom stereocenters. The lowest BCUT2D eigenvalue weighted by molar-refractivity contribution is 0.0827. The molecule has 1 fully saturated rings. The van der Waals surface area contributed by atoms with Crippen LogP contribution in [0.5, 0.6) is 0 Å². The number of nitriles is 1. The van der Waals surface area contributed by atoms with E-state index in [1.807, 2.05) is 77.6 Å². The molecule has 2 aromatic heterocycles. The summed E-state index contributed by atoms with van der Waals surface area (Å²) in [6.45, 7) is 10.8. The number of likely N-dealkylation sites (tertiary alicyclic amines) is 1. The minimum absolute atomic E-state index is 0.0840. The average molecular weight is 690 g/mol. The van der Waals surface area contributed by atoms with Crippen molar-refractivity contribution in [1.29, 1.82) is 5.26 Å². The van der Waals surface area contributed by atoms with Gasteiger partial charge in [0, 0.05) is 60.9 Å². The van der Waals surface area contributed by atoms with E-state index in [2.05, 4.69) is 54.5 Å². The minimum Gasteiger partial charge on any atom is -0.377 e. The standard InChI is InChI=1S/C39H44ClN9O/c1-25(26-11-8-7-9-12-26)43-35-29(22-41)23-42-37-32(35)20-30(40)21-33(37)44-36(27-13-10-14-28(19-27)38(50)47(5)6)34-24-49(46-45-34)31-15-17-48(18-16-31)39(2,3)4/h7-14,19-21,23-25,31,36,44H,15-18H2,1-6H3,(H,42,43)/t25-,36+/m1/s1. The van der Waals surface area contributed by atoms with Crippen LogP contribution >= 0.6 is 11.6 Å². The Labute approximate surface area is 299 Å². The van der Waals surface area contributed by atoms with Gasteiger partial charge in [-0.1, -0.05) is 59.3 Å². The van der Waals surface area contributed by atoms with E-state index in [4.69, 9.17) is 21.7 Å². The van der Waals surface area contributed by atoms with Gasteiger partial charge in [0.05, 0.1) is 40.7 Å². The zero-order chi connectivity index (χ0) is 35.6. The predicted molar refractivity (Wildman–Crippen MR) is 199 cm³/mol. The summed E-state index contributed by atoms with van der Waals surface area (Å²) in [4.78, 5) is 21.9. The summed E-state index contributed by atoms with van der Waals surface area (Å²) < 4.78 is 1.99. The first kappa shape index (κ1) is 34.9. The van der Waals surface area contributed by atoms with Gasteiger partial charge >= 0.3 is 0 Å². The molecule has 10 nitrogen and oxygen atoms in total. The number of rotatable bonds is 9. The zero-order valence-corrected chi connectivity index (χ0v) is 30.2. The van der Waals surface area contributed by atoms with Crippen LogP contribution in [-0.2, 0) is 0 Å². The van der Waals surface area contributed by atoms with Crippen molar-refractivity contribution in [2.24, 2.45) is 0 Å². The van der Waals surface area contributed by atoms with Crippen molar-refractivity contribution in [3.63, 3.8) is 0 Å². The summed E-state index contributed by atoms with van der Waals surface area (Å²) in [5.74, 6) is -0.0954. The third-order valence-electron chi connectivity index (χ3n) is 9.50. The monoisotopic (exact) mass is 689 g/mol. The number of halogens is 1. The maximum Gasteiger partial charge on any atom is 0.253 e. The summed E-state index contributed by atoms with van der Waals surface area (Å²) in [7, 11) is 3.48. The van der Waals surface area contributed by atoms with E-state index in [0.717, 1.165) is 37.1 Å². The summed E-state index contributed by atoms with van der Waals surface area (Å²) >= 11 is 6.81. The first-order valence-electron chi connectivity index (χ1n) is 17.0. The Morgan fingerprint density at radius 3 is 2.42 bits per heavy atom. The molecule has 1 aliphatic rings. The van der Waals surface area contributed by atoms with Crippen LogP contribution < -0.4 is 10.6 Å². The van der Waals surface area contributed by atoms with Crippen LogP contribution in [0.2, 0.25) is 5.02 Å². The molecule has 1 saturated heterocycles. The lowest BCUT2D eigenvalue weighted by Crippen LogP contribution is -2.46. The van der Waals surface area contributed by atoms with Crippen LogP contribution in [-0.4, -0.2) is 68.4 Å². The lowest BCUT2D eigenvalue weighted by atomic mass is 9.98. The first-order chi connectivity index (χ1) is 23.9. The Bertz CT molecular complexity index is 2020. The second kappa shape index (κ2) is 14.5. The quantitative estimate of drug-likeness (QED) is 0.161. The molecule has 0 radical (unpaired) electrons. The molecular weight excluding hydrogens is 646 g/mol. The molecule has 0 spiro atoms. The van der Waals surface area contributed by atoms with Gasteiger partial charge in [0.15, 0.2) is 0 Å². The zero-order valence-electron chi connectivity index (χ0n) is 29.5. The third-order valence-corrected chi connectivity index (χ3v) is 9.72. The maximum absolute atomic E-state index is 13.0. The molecule has 0 aliphatic carbocycles. The number of anilines is 2. The van der Waals surface area contributed by atoms with E-state index in [1.165, 1.54) is 0 Å². The highest BCUT2D eigenvalue weighted by atomic mass is 35.5. The van der Waals surface area contributed by atoms with Crippen molar-refractivity contribution in [2.75, 3.05) is 37.8 Å². The smallest absolute Gasteiger partial charge is 0.253 e. The number of carbonyl (C=O) groups excluding carboxylic acids is 1. The molecule has 1 aliphatic heterocycles. The average Bonchev–Trinajstić information content (AvgIpc) is 3.60. The number of aromatic nitrogens is 4. The van der Waals surface area contributed by atoms with E-state index in [-0.39, 0.29) is 23.5 Å². The fourth-order valence-electron chi connectivity index (χ4n) is 6.65. The molecule has 258 valence electrons. The van der Waals surface area contributed by atoms with E-state index >= 15 is 0 Å². The van der Waals surface area contributed by atoms with Gasteiger partial charge in [0.1, 0.15) is 11.8 Å². The Balaban J connectivity index is 1.40. The summed E-state index contributed by atoms with van der Waals surface area (Å²) in [5.41, 5.74) is 5.69. The van der Waals surface area contributed by atoms with E-state index < -0.39 is 6.04 Å². The van der Waals surface area contributed by atoms with Gasteiger partial charge in [-0.15, -0.1) is 5.10 Å². The number of nitrogens with zero attached hydrogens (tertiary/aromatic N) is 7. The second-order valence-electron chi connectivity index (χ2n) is 14.2. The minimum atomic E-state index is -0.493. The molecule has 2 N–H and O–H groups in total. The number of hydrogen-bond acceptors (Lipinski definition) is 8. The predicted octanol–water partition coefficient (Wildman–Crippen LogP) is 7.86. The highest BCUT2D eigenvalue weighted by molar-refractivity contribution is 6.32. The van der Waals surface area contributed by atoms with Gasteiger partial charge in [-0.2, -0.15) is 5.26 Å². The van der Waals surface area contributed by atoms with Crippen LogP contribution in [0, 0.1) is 11.3 Å². The van der Waals surface area contributed by atoms with Gasteiger partial charge in [-0.3, -0.25) is 14.7 Å². The van der Waals surface area contributed by atoms with Crippen molar-refractivity contribution in [3.05, 3.63) is 112 Å². The SMILES string of the molecule is C[C@@H](Nc1c(C#N)cnc2c(N[C@@H](c3cccc(C(=O)N(C)C)c3)c3cn(C4CCN(C(C)(C)C)CC4)nn3)cc(Cl)cc12)c1ccccc1. The van der Waals surface area contributed by atoms with Gasteiger partial charge in [-0.05, 0) is 75.9 Å². The van der Waals surface area contributed by atoms with Gasteiger partial charge in [-0.25, -0.2) is 4.68 Å². The molecule has 5 aromatic rings. The number of benzene rings is 3. The number of hydrogen-bond donors (Lipinski definition) is 2. The molecule has 0 bridgehead atoms. The van der Waals surface area contributed by atoms with Gasteiger partial charge in [0.25, 0.3) is 5.91 Å². The van der Waals surface area contributed by atoms with Crippen molar-refractivity contribution in [2.45, 2.75) is 64.2 Å². The summed E-state index contributed by atoms with van der Waals surface area (Å²) in [5, 5.41) is 27.8. The van der Waals surface area contributed by atoms with Crippen molar-refractivity contribution in [1.82, 2.24) is 29.8 Å². The van der Waals surface area contributed by atoms with Crippen molar-refractivity contribution in [3.8, 4) is 6.07 Å². The Kier molecular flexibility index (Phi) is 10.1. The largest absolute Gasteiger partial charge is 0.377 e. The molecule has 50 heavy (non-hydrogen) atoms. The molecule has 11 heteroatoms. The fraction of sp³-hybridized carbons (Fsp3) is 0.359. The maximum atomic E-state index is 13.0. The van der Waals surface area contributed by atoms with Crippen molar-refractivity contribution < 1.29 is 4.79 Å².